The molecule has 104 valence electrons. The lowest BCUT2D eigenvalue weighted by Gasteiger charge is -2.07. The van der Waals surface area contributed by atoms with E-state index in [-0.39, 0.29) is 0 Å². The van der Waals surface area contributed by atoms with Gasteiger partial charge in [-0.15, -0.1) is 0 Å². The van der Waals surface area contributed by atoms with Crippen LogP contribution in [-0.2, 0) is 6.54 Å². The summed E-state index contributed by atoms with van der Waals surface area (Å²) in [5.41, 5.74) is 0.865. The SMILES string of the molecule is O=[N+]([O-])c1cc(NCc2ccc(Cl)c(Br)c2)ccc1F. The van der Waals surface area contributed by atoms with Crippen molar-refractivity contribution in [2.45, 2.75) is 6.54 Å². The van der Waals surface area contributed by atoms with E-state index in [0.717, 1.165) is 16.1 Å². The minimum atomic E-state index is -0.852. The van der Waals surface area contributed by atoms with E-state index in [1.165, 1.54) is 12.1 Å². The maximum Gasteiger partial charge on any atom is 0.306 e. The zero-order valence-electron chi connectivity index (χ0n) is 10.1. The Morgan fingerprint density at radius 2 is 2.05 bits per heavy atom. The van der Waals surface area contributed by atoms with Gasteiger partial charge >= 0.3 is 5.69 Å². The summed E-state index contributed by atoms with van der Waals surface area (Å²) in [5.74, 6) is -0.852. The number of hydrogen-bond acceptors (Lipinski definition) is 3. The zero-order chi connectivity index (χ0) is 14.7. The molecule has 0 bridgehead atoms. The Hall–Kier alpha value is -1.66. The predicted molar refractivity (Wildman–Crippen MR) is 79.5 cm³/mol. The molecule has 0 saturated carbocycles. The van der Waals surface area contributed by atoms with Crippen molar-refractivity contribution in [3.63, 3.8) is 0 Å². The number of hydrogen-bond donors (Lipinski definition) is 1. The Kier molecular flexibility index (Phi) is 4.57. The number of nitrogens with zero attached hydrogens (tertiary/aromatic N) is 1. The first-order valence-corrected chi connectivity index (χ1v) is 6.76. The standard InChI is InChI=1S/C13H9BrClFN2O2/c14-10-5-8(1-3-11(10)15)7-17-9-2-4-12(16)13(6-9)18(19)20/h1-6,17H,7H2. The van der Waals surface area contributed by atoms with Crippen LogP contribution in [0.25, 0.3) is 0 Å². The van der Waals surface area contributed by atoms with Crippen LogP contribution in [-0.4, -0.2) is 4.92 Å². The minimum absolute atomic E-state index is 0.443. The maximum absolute atomic E-state index is 13.2. The number of anilines is 1. The largest absolute Gasteiger partial charge is 0.381 e. The van der Waals surface area contributed by atoms with Crippen molar-refractivity contribution in [1.29, 1.82) is 0 Å². The average Bonchev–Trinajstić information content (AvgIpc) is 2.41. The summed E-state index contributed by atoms with van der Waals surface area (Å²) in [7, 11) is 0. The van der Waals surface area contributed by atoms with E-state index in [1.54, 1.807) is 6.07 Å². The fraction of sp³-hybridized carbons (Fsp3) is 0.0769. The van der Waals surface area contributed by atoms with Crippen LogP contribution in [0.1, 0.15) is 5.56 Å². The number of nitro benzene ring substituents is 1. The van der Waals surface area contributed by atoms with E-state index in [4.69, 9.17) is 11.6 Å². The van der Waals surface area contributed by atoms with Crippen LogP contribution in [0, 0.1) is 15.9 Å². The van der Waals surface area contributed by atoms with Crippen LogP contribution in [0.3, 0.4) is 0 Å². The van der Waals surface area contributed by atoms with Gasteiger partial charge < -0.3 is 5.32 Å². The molecular weight excluding hydrogens is 351 g/mol. The van der Waals surface area contributed by atoms with Gasteiger partial charge in [0.25, 0.3) is 0 Å². The molecule has 0 fully saturated rings. The van der Waals surface area contributed by atoms with Gasteiger partial charge in [0.15, 0.2) is 0 Å². The molecule has 2 rings (SSSR count). The molecule has 7 heteroatoms. The molecule has 2 aromatic rings. The second-order valence-electron chi connectivity index (χ2n) is 4.03. The quantitative estimate of drug-likeness (QED) is 0.632. The van der Waals surface area contributed by atoms with E-state index >= 15 is 0 Å². The van der Waals surface area contributed by atoms with Crippen LogP contribution in [0.2, 0.25) is 5.02 Å². The van der Waals surface area contributed by atoms with Crippen LogP contribution in [0.15, 0.2) is 40.9 Å². The van der Waals surface area contributed by atoms with Gasteiger partial charge in [-0.05, 0) is 45.8 Å². The third-order valence-electron chi connectivity index (χ3n) is 2.62. The van der Waals surface area contributed by atoms with Crippen LogP contribution >= 0.6 is 27.5 Å². The first kappa shape index (κ1) is 14.7. The Labute approximate surface area is 127 Å². The molecule has 2 aromatic carbocycles. The van der Waals surface area contributed by atoms with Gasteiger partial charge in [-0.2, -0.15) is 4.39 Å². The molecule has 0 unspecified atom stereocenters. The number of rotatable bonds is 4. The van der Waals surface area contributed by atoms with E-state index in [0.29, 0.717) is 17.3 Å². The third-order valence-corrected chi connectivity index (χ3v) is 3.84. The molecule has 0 heterocycles. The first-order chi connectivity index (χ1) is 9.47. The molecule has 4 nitrogen and oxygen atoms in total. The molecule has 0 amide bonds. The summed E-state index contributed by atoms with van der Waals surface area (Å²) in [5, 5.41) is 14.2. The molecule has 0 radical (unpaired) electrons. The van der Waals surface area contributed by atoms with E-state index in [9.17, 15) is 14.5 Å². The Morgan fingerprint density at radius 1 is 1.30 bits per heavy atom. The lowest BCUT2D eigenvalue weighted by molar-refractivity contribution is -0.387. The number of benzene rings is 2. The fourth-order valence-corrected chi connectivity index (χ4v) is 2.16. The van der Waals surface area contributed by atoms with Crippen molar-refractivity contribution >= 4 is 38.9 Å². The summed E-state index contributed by atoms with van der Waals surface area (Å²) in [4.78, 5) is 9.90. The normalized spacial score (nSPS) is 10.3. The van der Waals surface area contributed by atoms with Crippen molar-refractivity contribution < 1.29 is 9.31 Å². The zero-order valence-corrected chi connectivity index (χ0v) is 12.4. The Bertz CT molecular complexity index is 667. The highest BCUT2D eigenvalue weighted by Crippen LogP contribution is 2.25. The molecule has 0 spiro atoms. The Balaban J connectivity index is 2.12. The highest BCUT2D eigenvalue weighted by atomic mass is 79.9. The van der Waals surface area contributed by atoms with E-state index < -0.39 is 16.4 Å². The van der Waals surface area contributed by atoms with Gasteiger partial charge in [0, 0.05) is 22.8 Å². The fourth-order valence-electron chi connectivity index (χ4n) is 1.62. The summed E-state index contributed by atoms with van der Waals surface area (Å²) >= 11 is 9.20. The average molecular weight is 360 g/mol. The highest BCUT2D eigenvalue weighted by Gasteiger charge is 2.14. The molecule has 0 saturated heterocycles. The monoisotopic (exact) mass is 358 g/mol. The molecule has 1 N–H and O–H groups in total. The summed E-state index contributed by atoms with van der Waals surface area (Å²) in [6.07, 6.45) is 0. The van der Waals surface area contributed by atoms with Gasteiger partial charge in [0.1, 0.15) is 0 Å². The third kappa shape index (κ3) is 3.46. The molecule has 0 aliphatic carbocycles. The van der Waals surface area contributed by atoms with Crippen molar-refractivity contribution in [3.8, 4) is 0 Å². The Morgan fingerprint density at radius 3 is 2.70 bits per heavy atom. The number of halogens is 3. The van der Waals surface area contributed by atoms with Gasteiger partial charge in [-0.25, -0.2) is 0 Å². The molecule has 0 aromatic heterocycles. The summed E-state index contributed by atoms with van der Waals surface area (Å²) < 4.78 is 14.0. The van der Waals surface area contributed by atoms with Crippen LogP contribution < -0.4 is 5.32 Å². The lowest BCUT2D eigenvalue weighted by atomic mass is 10.2. The van der Waals surface area contributed by atoms with E-state index in [1.807, 2.05) is 12.1 Å². The van der Waals surface area contributed by atoms with Gasteiger partial charge in [0.05, 0.1) is 9.95 Å². The van der Waals surface area contributed by atoms with Gasteiger partial charge in [-0.3, -0.25) is 10.1 Å². The predicted octanol–water partition coefficient (Wildman–Crippen LogP) is 4.76. The summed E-state index contributed by atoms with van der Waals surface area (Å²) in [6.45, 7) is 0.443. The second-order valence-corrected chi connectivity index (χ2v) is 5.29. The molecular formula is C13H9BrClFN2O2. The second kappa shape index (κ2) is 6.19. The van der Waals surface area contributed by atoms with Gasteiger partial charge in [0.2, 0.25) is 5.82 Å². The van der Waals surface area contributed by atoms with Crippen molar-refractivity contribution in [1.82, 2.24) is 0 Å². The number of nitro groups is 1. The maximum atomic E-state index is 13.2. The molecule has 0 aliphatic heterocycles. The molecule has 20 heavy (non-hydrogen) atoms. The van der Waals surface area contributed by atoms with Gasteiger partial charge in [-0.1, -0.05) is 17.7 Å². The van der Waals surface area contributed by atoms with Crippen molar-refractivity contribution in [2.24, 2.45) is 0 Å². The minimum Gasteiger partial charge on any atom is -0.381 e. The highest BCUT2D eigenvalue weighted by molar-refractivity contribution is 9.10. The first-order valence-electron chi connectivity index (χ1n) is 5.59. The summed E-state index contributed by atoms with van der Waals surface area (Å²) in [6, 6.07) is 9.10. The smallest absolute Gasteiger partial charge is 0.306 e. The topological polar surface area (TPSA) is 55.2 Å². The van der Waals surface area contributed by atoms with Crippen LogP contribution in [0.5, 0.6) is 0 Å². The van der Waals surface area contributed by atoms with Crippen molar-refractivity contribution in [2.75, 3.05) is 5.32 Å². The molecule has 0 aliphatic rings. The van der Waals surface area contributed by atoms with Crippen molar-refractivity contribution in [3.05, 3.63) is 67.4 Å². The van der Waals surface area contributed by atoms with E-state index in [2.05, 4.69) is 21.2 Å². The lowest BCUT2D eigenvalue weighted by Crippen LogP contribution is -2.01. The number of nitrogens with one attached hydrogen (secondary N) is 1. The molecule has 0 atom stereocenters. The van der Waals surface area contributed by atoms with Crippen LogP contribution in [0.4, 0.5) is 15.8 Å².